The quantitative estimate of drug-likeness (QED) is 0.198. The molecule has 1 heterocycles. The molecule has 7 atom stereocenters. The molecule has 0 aromatic heterocycles. The second-order valence-corrected chi connectivity index (χ2v) is 16.0. The average molecular weight is 499 g/mol. The number of benzene rings is 1. The lowest BCUT2D eigenvalue weighted by atomic mass is 9.52. The van der Waals surface area contributed by atoms with Crippen LogP contribution >= 0.6 is 0 Å². The number of carboxylic acids is 1. The molecule has 3 aliphatic rings. The van der Waals surface area contributed by atoms with Crippen LogP contribution < -0.4 is 0 Å². The molecule has 1 aromatic carbocycles. The van der Waals surface area contributed by atoms with Gasteiger partial charge in [0.2, 0.25) is 0 Å². The Bertz CT molecular complexity index is 990. The smallest absolute Gasteiger partial charge is 0.311 e. The Morgan fingerprint density at radius 2 is 1.97 bits per heavy atom. The molecule has 4 rings (SSSR count). The lowest BCUT2D eigenvalue weighted by Gasteiger charge is -2.54. The lowest BCUT2D eigenvalue weighted by molar-refractivity contribution is -0.268. The van der Waals surface area contributed by atoms with Crippen LogP contribution in [0.3, 0.4) is 0 Å². The van der Waals surface area contributed by atoms with Gasteiger partial charge in [0.15, 0.2) is 6.29 Å². The normalized spacial score (nSPS) is 34.6. The predicted molar refractivity (Wildman–Crippen MR) is 136 cm³/mol. The Kier molecular flexibility index (Phi) is 7.89. The standard InChI is InChI=1S/C28H38O6Si/c1-28(27(29)30)23(13-14-35(3,4)5)21(16-32-18-31-2)15-22-24(28)12-11-20-17-33-26(34-25(20)22)19-9-7-6-8-10-19/h6-10,15,20,22-26H,11-12,16-18H2,1-5H3,(H,29,30)/t20-,22+,23-,24+,25-,26-,28+/m1/s1. The molecular formula is C28H38O6Si. The summed E-state index contributed by atoms with van der Waals surface area (Å²) >= 11 is 0. The van der Waals surface area contributed by atoms with Gasteiger partial charge in [0.25, 0.3) is 0 Å². The highest BCUT2D eigenvalue weighted by atomic mass is 28.3. The number of methoxy groups -OCH3 is 1. The third kappa shape index (κ3) is 5.42. The van der Waals surface area contributed by atoms with Crippen LogP contribution in [0.15, 0.2) is 42.0 Å². The van der Waals surface area contributed by atoms with Crippen LogP contribution in [0.1, 0.15) is 31.6 Å². The summed E-state index contributed by atoms with van der Waals surface area (Å²) < 4.78 is 23.5. The zero-order valence-corrected chi connectivity index (χ0v) is 22.5. The number of carbonyl (C=O) groups is 1. The van der Waals surface area contributed by atoms with Crippen molar-refractivity contribution in [2.75, 3.05) is 27.1 Å². The summed E-state index contributed by atoms with van der Waals surface area (Å²) in [6.07, 6.45) is 3.35. The van der Waals surface area contributed by atoms with E-state index in [9.17, 15) is 9.90 Å². The lowest BCUT2D eigenvalue weighted by Crippen LogP contribution is -2.56. The minimum absolute atomic E-state index is 0.0453. The van der Waals surface area contributed by atoms with E-state index in [4.69, 9.17) is 18.9 Å². The summed E-state index contributed by atoms with van der Waals surface area (Å²) in [4.78, 5) is 13.0. The van der Waals surface area contributed by atoms with Gasteiger partial charge in [0.05, 0.1) is 30.7 Å². The minimum atomic E-state index is -1.71. The molecule has 35 heavy (non-hydrogen) atoms. The maximum absolute atomic E-state index is 13.0. The van der Waals surface area contributed by atoms with Gasteiger partial charge in [-0.2, -0.15) is 0 Å². The van der Waals surface area contributed by atoms with Crippen LogP contribution in [0.25, 0.3) is 0 Å². The Morgan fingerprint density at radius 1 is 1.23 bits per heavy atom. The maximum Gasteiger partial charge on any atom is 0.311 e. The van der Waals surface area contributed by atoms with Crippen molar-refractivity contribution in [3.8, 4) is 11.5 Å². The van der Waals surface area contributed by atoms with Crippen molar-refractivity contribution in [1.82, 2.24) is 0 Å². The van der Waals surface area contributed by atoms with Gasteiger partial charge in [-0.1, -0.05) is 56.0 Å². The number of fused-ring (bicyclic) bond motifs is 3. The second kappa shape index (κ2) is 10.6. The molecule has 190 valence electrons. The highest BCUT2D eigenvalue weighted by Crippen LogP contribution is 2.56. The monoisotopic (exact) mass is 498 g/mol. The fourth-order valence-electron chi connectivity index (χ4n) is 5.89. The van der Waals surface area contributed by atoms with Gasteiger partial charge < -0.3 is 24.1 Å². The summed E-state index contributed by atoms with van der Waals surface area (Å²) in [7, 11) is -0.129. The summed E-state index contributed by atoms with van der Waals surface area (Å²) in [5, 5.41) is 10.6. The molecule has 2 fully saturated rings. The third-order valence-corrected chi connectivity index (χ3v) is 8.54. The first-order chi connectivity index (χ1) is 16.6. The molecule has 2 aliphatic carbocycles. The van der Waals surface area contributed by atoms with Crippen LogP contribution in [-0.2, 0) is 23.7 Å². The predicted octanol–water partition coefficient (Wildman–Crippen LogP) is 4.89. The fourth-order valence-corrected chi connectivity index (χ4v) is 6.47. The Balaban J connectivity index is 1.74. The number of rotatable bonds is 6. The molecule has 0 unspecified atom stereocenters. The van der Waals surface area contributed by atoms with E-state index in [1.807, 2.05) is 37.3 Å². The van der Waals surface area contributed by atoms with E-state index in [0.29, 0.717) is 13.2 Å². The van der Waals surface area contributed by atoms with E-state index < -0.39 is 31.7 Å². The molecule has 6 nitrogen and oxygen atoms in total. The van der Waals surface area contributed by atoms with Gasteiger partial charge in [0, 0.05) is 24.5 Å². The number of hydrogen-bond donors (Lipinski definition) is 1. The minimum Gasteiger partial charge on any atom is -0.481 e. The van der Waals surface area contributed by atoms with Gasteiger partial charge in [-0.3, -0.25) is 4.79 Å². The zero-order chi connectivity index (χ0) is 25.2. The Labute approximate surface area is 210 Å². The highest BCUT2D eigenvalue weighted by Gasteiger charge is 2.58. The number of carboxylic acid groups (broad SMARTS) is 1. The molecule has 1 saturated heterocycles. The number of ether oxygens (including phenoxy) is 4. The van der Waals surface area contributed by atoms with E-state index in [1.54, 1.807) is 7.11 Å². The Morgan fingerprint density at radius 3 is 2.63 bits per heavy atom. The summed E-state index contributed by atoms with van der Waals surface area (Å²) in [5.41, 5.74) is 4.32. The number of aliphatic carboxylic acids is 1. The van der Waals surface area contributed by atoms with Crippen LogP contribution in [0.5, 0.6) is 0 Å². The van der Waals surface area contributed by atoms with Gasteiger partial charge in [-0.25, -0.2) is 0 Å². The summed E-state index contributed by atoms with van der Waals surface area (Å²) in [5.74, 6) is 2.32. The van der Waals surface area contributed by atoms with Gasteiger partial charge in [-0.05, 0) is 31.3 Å². The first-order valence-electron chi connectivity index (χ1n) is 12.5. The molecule has 1 saturated carbocycles. The molecule has 0 bridgehead atoms. The van der Waals surface area contributed by atoms with Gasteiger partial charge >= 0.3 is 5.97 Å². The van der Waals surface area contributed by atoms with Gasteiger partial charge in [-0.15, -0.1) is 11.5 Å². The van der Waals surface area contributed by atoms with Crippen molar-refractivity contribution in [3.63, 3.8) is 0 Å². The highest BCUT2D eigenvalue weighted by molar-refractivity contribution is 6.83. The molecule has 1 N–H and O–H groups in total. The first-order valence-corrected chi connectivity index (χ1v) is 16.0. The van der Waals surface area contributed by atoms with Crippen molar-refractivity contribution in [2.45, 2.75) is 51.8 Å². The third-order valence-electron chi connectivity index (χ3n) is 7.64. The number of hydrogen-bond acceptors (Lipinski definition) is 5. The summed E-state index contributed by atoms with van der Waals surface area (Å²) in [6, 6.07) is 9.95. The van der Waals surface area contributed by atoms with Crippen molar-refractivity contribution in [3.05, 3.63) is 47.5 Å². The molecule has 0 amide bonds. The Hall–Kier alpha value is -1.95. The van der Waals surface area contributed by atoms with Crippen molar-refractivity contribution < 1.29 is 28.8 Å². The topological polar surface area (TPSA) is 74.2 Å². The second-order valence-electron chi connectivity index (χ2n) is 11.2. The molecule has 7 heteroatoms. The first kappa shape index (κ1) is 26.1. The van der Waals surface area contributed by atoms with Crippen molar-refractivity contribution >= 4 is 14.0 Å². The zero-order valence-electron chi connectivity index (χ0n) is 21.5. The van der Waals surface area contributed by atoms with E-state index in [1.165, 1.54) is 0 Å². The van der Waals surface area contributed by atoms with Crippen LogP contribution in [0.2, 0.25) is 19.6 Å². The van der Waals surface area contributed by atoms with Crippen LogP contribution in [0.4, 0.5) is 0 Å². The summed E-state index contributed by atoms with van der Waals surface area (Å²) in [6.45, 7) is 9.47. The molecule has 1 aliphatic heterocycles. The van der Waals surface area contributed by atoms with E-state index in [0.717, 1.165) is 24.0 Å². The molecule has 1 aromatic rings. The molecular weight excluding hydrogens is 460 g/mol. The average Bonchev–Trinajstić information content (AvgIpc) is 2.83. The molecule has 0 spiro atoms. The van der Waals surface area contributed by atoms with Gasteiger partial charge in [0.1, 0.15) is 14.9 Å². The maximum atomic E-state index is 13.0. The van der Waals surface area contributed by atoms with E-state index in [-0.39, 0.29) is 30.7 Å². The molecule has 0 radical (unpaired) electrons. The SMILES string of the molecule is COCOCC1=C[C@@H]2[C@@H]3O[C@H](c4ccccc4)OC[C@H]3CC[C@@H]2[C@@](C)(C(=O)O)[C@@H]1C#C[Si](C)(C)C. The van der Waals surface area contributed by atoms with Crippen molar-refractivity contribution in [1.29, 1.82) is 0 Å². The van der Waals surface area contributed by atoms with Crippen LogP contribution in [-0.4, -0.2) is 52.4 Å². The largest absolute Gasteiger partial charge is 0.481 e. The van der Waals surface area contributed by atoms with Crippen molar-refractivity contribution in [2.24, 2.45) is 29.1 Å². The fraction of sp³-hybridized carbons (Fsp3) is 0.607. The van der Waals surface area contributed by atoms with Crippen LogP contribution in [0, 0.1) is 40.6 Å². The van der Waals surface area contributed by atoms with E-state index in [2.05, 4.69) is 37.2 Å². The van der Waals surface area contributed by atoms with E-state index >= 15 is 0 Å².